The molecular formula is C19H19N7O. The SMILES string of the molecule is Cc1cccc(Nc2nc(Nc3ccc(C(=N)N)cc3)ncc2C(N)=O)c1. The number of carbonyl (C=O) groups is 1. The van der Waals surface area contributed by atoms with Crippen molar-refractivity contribution in [3.8, 4) is 0 Å². The maximum atomic E-state index is 11.7. The van der Waals surface area contributed by atoms with Crippen molar-refractivity contribution in [2.45, 2.75) is 6.92 Å². The van der Waals surface area contributed by atoms with Crippen molar-refractivity contribution >= 4 is 34.9 Å². The van der Waals surface area contributed by atoms with E-state index >= 15 is 0 Å². The van der Waals surface area contributed by atoms with E-state index in [0.29, 0.717) is 23.0 Å². The number of nitrogens with zero attached hydrogens (tertiary/aromatic N) is 2. The molecule has 0 aliphatic carbocycles. The second-order valence-corrected chi connectivity index (χ2v) is 5.93. The van der Waals surface area contributed by atoms with Gasteiger partial charge >= 0.3 is 0 Å². The summed E-state index contributed by atoms with van der Waals surface area (Å²) in [4.78, 5) is 20.2. The fourth-order valence-electron chi connectivity index (χ4n) is 2.44. The van der Waals surface area contributed by atoms with Gasteiger partial charge in [0.2, 0.25) is 5.95 Å². The van der Waals surface area contributed by atoms with Gasteiger partial charge in [-0.2, -0.15) is 4.98 Å². The maximum absolute atomic E-state index is 11.7. The lowest BCUT2D eigenvalue weighted by Gasteiger charge is -2.12. The largest absolute Gasteiger partial charge is 0.384 e. The zero-order valence-electron chi connectivity index (χ0n) is 14.7. The highest BCUT2D eigenvalue weighted by Crippen LogP contribution is 2.22. The van der Waals surface area contributed by atoms with Crippen LogP contribution < -0.4 is 22.1 Å². The number of amides is 1. The van der Waals surface area contributed by atoms with Crippen LogP contribution in [0.15, 0.2) is 54.7 Å². The lowest BCUT2D eigenvalue weighted by Crippen LogP contribution is -2.15. The minimum Gasteiger partial charge on any atom is -0.384 e. The molecule has 0 spiro atoms. The van der Waals surface area contributed by atoms with Crippen molar-refractivity contribution in [3.05, 3.63) is 71.4 Å². The molecule has 0 saturated carbocycles. The predicted octanol–water partition coefficient (Wildman–Crippen LogP) is 2.66. The monoisotopic (exact) mass is 361 g/mol. The minimum atomic E-state index is -0.623. The third kappa shape index (κ3) is 4.37. The summed E-state index contributed by atoms with van der Waals surface area (Å²) in [6.45, 7) is 1.97. The summed E-state index contributed by atoms with van der Waals surface area (Å²) in [6.07, 6.45) is 1.37. The van der Waals surface area contributed by atoms with Gasteiger partial charge in [-0.15, -0.1) is 0 Å². The van der Waals surface area contributed by atoms with Crippen molar-refractivity contribution in [2.75, 3.05) is 10.6 Å². The van der Waals surface area contributed by atoms with Crippen LogP contribution >= 0.6 is 0 Å². The summed E-state index contributed by atoms with van der Waals surface area (Å²) >= 11 is 0. The Labute approximate surface area is 156 Å². The zero-order chi connectivity index (χ0) is 19.4. The molecule has 7 N–H and O–H groups in total. The third-order valence-corrected chi connectivity index (χ3v) is 3.79. The van der Waals surface area contributed by atoms with E-state index in [1.807, 2.05) is 31.2 Å². The van der Waals surface area contributed by atoms with Gasteiger partial charge in [0.05, 0.1) is 0 Å². The molecule has 1 amide bonds. The van der Waals surface area contributed by atoms with Crippen LogP contribution in [0.2, 0.25) is 0 Å². The van der Waals surface area contributed by atoms with E-state index < -0.39 is 5.91 Å². The van der Waals surface area contributed by atoms with Gasteiger partial charge in [0.1, 0.15) is 17.2 Å². The van der Waals surface area contributed by atoms with E-state index in [4.69, 9.17) is 16.9 Å². The lowest BCUT2D eigenvalue weighted by molar-refractivity contribution is 0.100. The number of nitrogens with one attached hydrogen (secondary N) is 3. The fraction of sp³-hybridized carbons (Fsp3) is 0.0526. The molecule has 0 aliphatic heterocycles. The average Bonchev–Trinajstić information content (AvgIpc) is 2.62. The highest BCUT2D eigenvalue weighted by atomic mass is 16.1. The highest BCUT2D eigenvalue weighted by Gasteiger charge is 2.13. The molecule has 8 heteroatoms. The normalized spacial score (nSPS) is 10.3. The molecule has 0 atom stereocenters. The number of carbonyl (C=O) groups excluding carboxylic acids is 1. The van der Waals surface area contributed by atoms with Crippen LogP contribution in [-0.2, 0) is 0 Å². The molecule has 0 unspecified atom stereocenters. The summed E-state index contributed by atoms with van der Waals surface area (Å²) < 4.78 is 0. The van der Waals surface area contributed by atoms with Crippen molar-refractivity contribution in [1.29, 1.82) is 5.41 Å². The Balaban J connectivity index is 1.88. The first-order valence-corrected chi connectivity index (χ1v) is 8.14. The van der Waals surface area contributed by atoms with Gasteiger partial charge in [-0.05, 0) is 48.9 Å². The first-order valence-electron chi connectivity index (χ1n) is 8.14. The van der Waals surface area contributed by atoms with Crippen LogP contribution in [0.5, 0.6) is 0 Å². The molecular weight excluding hydrogens is 342 g/mol. The number of hydrogen-bond donors (Lipinski definition) is 5. The number of nitrogens with two attached hydrogens (primary N) is 2. The molecule has 1 aromatic heterocycles. The average molecular weight is 361 g/mol. The Kier molecular flexibility index (Phi) is 4.98. The van der Waals surface area contributed by atoms with Gasteiger partial charge in [-0.25, -0.2) is 4.98 Å². The van der Waals surface area contributed by atoms with Crippen LogP contribution in [0.25, 0.3) is 0 Å². The number of aromatic nitrogens is 2. The Bertz CT molecular complexity index is 999. The highest BCUT2D eigenvalue weighted by molar-refractivity contribution is 5.98. The van der Waals surface area contributed by atoms with E-state index in [-0.39, 0.29) is 11.4 Å². The molecule has 27 heavy (non-hydrogen) atoms. The predicted molar refractivity (Wildman–Crippen MR) is 106 cm³/mol. The molecule has 8 nitrogen and oxygen atoms in total. The van der Waals surface area contributed by atoms with Gasteiger partial charge in [-0.3, -0.25) is 10.2 Å². The summed E-state index contributed by atoms with van der Waals surface area (Å²) in [6, 6.07) is 14.6. The Hall–Kier alpha value is -3.94. The third-order valence-electron chi connectivity index (χ3n) is 3.79. The van der Waals surface area contributed by atoms with Crippen LogP contribution in [0.3, 0.4) is 0 Å². The van der Waals surface area contributed by atoms with Gasteiger partial charge in [-0.1, -0.05) is 12.1 Å². The number of anilines is 4. The fourth-order valence-corrected chi connectivity index (χ4v) is 2.44. The summed E-state index contributed by atoms with van der Waals surface area (Å²) in [5.74, 6) is -0.0209. The number of rotatable bonds is 6. The zero-order valence-corrected chi connectivity index (χ0v) is 14.7. The molecule has 0 saturated heterocycles. The number of primary amides is 1. The smallest absolute Gasteiger partial charge is 0.254 e. The van der Waals surface area contributed by atoms with E-state index in [0.717, 1.165) is 11.3 Å². The first-order chi connectivity index (χ1) is 12.9. The number of benzene rings is 2. The van der Waals surface area contributed by atoms with E-state index in [2.05, 4.69) is 20.6 Å². The summed E-state index contributed by atoms with van der Waals surface area (Å²) in [5.41, 5.74) is 14.3. The molecule has 2 aromatic carbocycles. The van der Waals surface area contributed by atoms with Gasteiger partial charge < -0.3 is 22.1 Å². The lowest BCUT2D eigenvalue weighted by atomic mass is 10.2. The van der Waals surface area contributed by atoms with Gasteiger partial charge in [0.15, 0.2) is 0 Å². The molecule has 1 heterocycles. The minimum absolute atomic E-state index is 0.00625. The van der Waals surface area contributed by atoms with Crippen molar-refractivity contribution in [1.82, 2.24) is 9.97 Å². The number of aryl methyl sites for hydroxylation is 1. The van der Waals surface area contributed by atoms with Crippen LogP contribution in [0.1, 0.15) is 21.5 Å². The van der Waals surface area contributed by atoms with Gasteiger partial charge in [0.25, 0.3) is 5.91 Å². The second-order valence-electron chi connectivity index (χ2n) is 5.93. The molecule has 0 fully saturated rings. The topological polar surface area (TPSA) is 143 Å². The standard InChI is InChI=1S/C19H19N7O/c1-11-3-2-4-14(9-11)24-18-15(17(22)27)10-23-19(26-18)25-13-7-5-12(6-8-13)16(20)21/h2-10H,1H3,(H3,20,21)(H2,22,27)(H2,23,24,25,26). The van der Waals surface area contributed by atoms with Crippen LogP contribution in [0.4, 0.5) is 23.1 Å². The number of amidine groups is 1. The Morgan fingerprint density at radius 1 is 1.04 bits per heavy atom. The van der Waals surface area contributed by atoms with Crippen LogP contribution in [-0.4, -0.2) is 21.7 Å². The van der Waals surface area contributed by atoms with Crippen molar-refractivity contribution in [2.24, 2.45) is 11.5 Å². The van der Waals surface area contributed by atoms with E-state index in [1.165, 1.54) is 6.20 Å². The first kappa shape index (κ1) is 17.9. The maximum Gasteiger partial charge on any atom is 0.254 e. The van der Waals surface area contributed by atoms with E-state index in [9.17, 15) is 4.79 Å². The van der Waals surface area contributed by atoms with Gasteiger partial charge in [0, 0.05) is 23.1 Å². The Morgan fingerprint density at radius 2 is 1.78 bits per heavy atom. The number of hydrogen-bond acceptors (Lipinski definition) is 6. The molecule has 3 rings (SSSR count). The van der Waals surface area contributed by atoms with Crippen molar-refractivity contribution < 1.29 is 4.79 Å². The number of nitrogen functional groups attached to an aromatic ring is 1. The second kappa shape index (κ2) is 7.52. The molecule has 0 radical (unpaired) electrons. The molecule has 0 aliphatic rings. The van der Waals surface area contributed by atoms with E-state index in [1.54, 1.807) is 24.3 Å². The molecule has 136 valence electrons. The van der Waals surface area contributed by atoms with Crippen molar-refractivity contribution in [3.63, 3.8) is 0 Å². The molecule has 3 aromatic rings. The quantitative estimate of drug-likeness (QED) is 0.337. The molecule has 0 bridgehead atoms. The summed E-state index contributed by atoms with van der Waals surface area (Å²) in [5, 5.41) is 13.6. The Morgan fingerprint density at radius 3 is 2.41 bits per heavy atom. The summed E-state index contributed by atoms with van der Waals surface area (Å²) in [7, 11) is 0. The van der Waals surface area contributed by atoms with Crippen LogP contribution in [0, 0.1) is 12.3 Å².